The lowest BCUT2D eigenvalue weighted by Gasteiger charge is -2.32. The lowest BCUT2D eigenvalue weighted by molar-refractivity contribution is 0.0947. The van der Waals surface area contributed by atoms with Crippen LogP contribution in [0.4, 0.5) is 5.82 Å². The van der Waals surface area contributed by atoms with Crippen molar-refractivity contribution in [2.24, 2.45) is 5.92 Å². The molecule has 138 valence electrons. The van der Waals surface area contributed by atoms with E-state index in [1.165, 1.54) is 5.56 Å². The maximum atomic E-state index is 12.0. The van der Waals surface area contributed by atoms with E-state index in [4.69, 9.17) is 0 Å². The molecule has 2 aromatic rings. The second-order valence-electron chi connectivity index (χ2n) is 7.01. The van der Waals surface area contributed by atoms with Crippen LogP contribution in [-0.4, -0.2) is 35.7 Å². The van der Waals surface area contributed by atoms with E-state index in [1.54, 1.807) is 6.07 Å². The number of nitrogens with zero attached hydrogens (tertiary/aromatic N) is 3. The first-order valence-corrected chi connectivity index (χ1v) is 9.67. The van der Waals surface area contributed by atoms with Gasteiger partial charge >= 0.3 is 0 Å². The highest BCUT2D eigenvalue weighted by molar-refractivity contribution is 5.92. The number of rotatable bonds is 7. The van der Waals surface area contributed by atoms with Crippen LogP contribution in [0.1, 0.15) is 48.7 Å². The monoisotopic (exact) mass is 352 g/mol. The third-order valence-electron chi connectivity index (χ3n) is 5.00. The number of amides is 1. The van der Waals surface area contributed by atoms with Crippen LogP contribution < -0.4 is 10.2 Å². The maximum Gasteiger partial charge on any atom is 0.271 e. The van der Waals surface area contributed by atoms with Crippen LogP contribution in [0.3, 0.4) is 0 Å². The number of unbranched alkanes of at least 4 members (excludes halogenated alkanes) is 1. The molecule has 2 heterocycles. The first-order valence-electron chi connectivity index (χ1n) is 9.67. The average Bonchev–Trinajstić information content (AvgIpc) is 2.70. The maximum absolute atomic E-state index is 12.0. The van der Waals surface area contributed by atoms with Crippen molar-refractivity contribution in [3.8, 4) is 0 Å². The van der Waals surface area contributed by atoms with E-state index < -0.39 is 0 Å². The molecular weight excluding hydrogens is 324 g/mol. The number of aromatic nitrogens is 2. The zero-order valence-corrected chi connectivity index (χ0v) is 15.5. The molecule has 1 N–H and O–H groups in total. The SMILES string of the molecule is CCCCNC(=O)c1ccc(N2CCC(Cc3ccccc3)CC2)nn1. The number of anilines is 1. The van der Waals surface area contributed by atoms with Gasteiger partial charge in [0, 0.05) is 19.6 Å². The van der Waals surface area contributed by atoms with E-state index in [1.807, 2.05) is 6.07 Å². The molecular formula is C21H28N4O. The highest BCUT2D eigenvalue weighted by Crippen LogP contribution is 2.24. The van der Waals surface area contributed by atoms with Crippen LogP contribution in [0.15, 0.2) is 42.5 Å². The average molecular weight is 352 g/mol. The Morgan fingerprint density at radius 1 is 1.12 bits per heavy atom. The Kier molecular flexibility index (Phi) is 6.58. The molecule has 0 bridgehead atoms. The highest BCUT2D eigenvalue weighted by Gasteiger charge is 2.21. The number of hydrogen-bond acceptors (Lipinski definition) is 4. The van der Waals surface area contributed by atoms with Crippen LogP contribution >= 0.6 is 0 Å². The molecule has 1 amide bonds. The van der Waals surface area contributed by atoms with Crippen molar-refractivity contribution in [1.82, 2.24) is 15.5 Å². The Morgan fingerprint density at radius 3 is 2.54 bits per heavy atom. The van der Waals surface area contributed by atoms with Crippen molar-refractivity contribution in [1.29, 1.82) is 0 Å². The fourth-order valence-electron chi connectivity index (χ4n) is 3.40. The van der Waals surface area contributed by atoms with Gasteiger partial charge in [0.2, 0.25) is 0 Å². The van der Waals surface area contributed by atoms with Crippen LogP contribution in [0.5, 0.6) is 0 Å². The van der Waals surface area contributed by atoms with E-state index in [0.29, 0.717) is 12.2 Å². The van der Waals surface area contributed by atoms with E-state index in [2.05, 4.69) is 57.7 Å². The van der Waals surface area contributed by atoms with Gasteiger partial charge in [-0.15, -0.1) is 10.2 Å². The van der Waals surface area contributed by atoms with Crippen LogP contribution in [0.25, 0.3) is 0 Å². The molecule has 3 rings (SSSR count). The zero-order chi connectivity index (χ0) is 18.2. The van der Waals surface area contributed by atoms with Gasteiger partial charge in [-0.2, -0.15) is 0 Å². The van der Waals surface area contributed by atoms with Gasteiger partial charge in [0.25, 0.3) is 5.91 Å². The molecule has 0 aliphatic carbocycles. The van der Waals surface area contributed by atoms with E-state index >= 15 is 0 Å². The predicted octanol–water partition coefficient (Wildman–Crippen LogP) is 3.47. The lowest BCUT2D eigenvalue weighted by atomic mass is 9.90. The van der Waals surface area contributed by atoms with Crippen molar-refractivity contribution in [2.45, 2.75) is 39.0 Å². The number of carbonyl (C=O) groups excluding carboxylic acids is 1. The van der Waals surface area contributed by atoms with Gasteiger partial charge in [-0.25, -0.2) is 0 Å². The largest absolute Gasteiger partial charge is 0.355 e. The van der Waals surface area contributed by atoms with Gasteiger partial charge in [-0.05, 0) is 49.3 Å². The number of benzene rings is 1. The Hall–Kier alpha value is -2.43. The minimum atomic E-state index is -0.140. The third kappa shape index (κ3) is 5.04. The Bertz CT molecular complexity index is 679. The molecule has 1 fully saturated rings. The Labute approximate surface area is 155 Å². The third-order valence-corrected chi connectivity index (χ3v) is 5.00. The summed E-state index contributed by atoms with van der Waals surface area (Å²) >= 11 is 0. The van der Waals surface area contributed by atoms with Crippen molar-refractivity contribution >= 4 is 11.7 Å². The summed E-state index contributed by atoms with van der Waals surface area (Å²) in [5, 5.41) is 11.3. The minimum absolute atomic E-state index is 0.140. The summed E-state index contributed by atoms with van der Waals surface area (Å²) < 4.78 is 0. The highest BCUT2D eigenvalue weighted by atomic mass is 16.1. The minimum Gasteiger partial charge on any atom is -0.355 e. The van der Waals surface area contributed by atoms with Gasteiger partial charge in [0.05, 0.1) is 0 Å². The molecule has 1 aliphatic rings. The van der Waals surface area contributed by atoms with E-state index in [9.17, 15) is 4.79 Å². The van der Waals surface area contributed by atoms with Gasteiger partial charge in [0.1, 0.15) is 0 Å². The normalized spacial score (nSPS) is 15.0. The fraction of sp³-hybridized carbons (Fsp3) is 0.476. The van der Waals surface area contributed by atoms with Gasteiger partial charge < -0.3 is 10.2 Å². The Balaban J connectivity index is 1.49. The number of nitrogens with one attached hydrogen (secondary N) is 1. The summed E-state index contributed by atoms with van der Waals surface area (Å²) in [6.07, 6.45) is 5.52. The molecule has 0 unspecified atom stereocenters. The Morgan fingerprint density at radius 2 is 1.88 bits per heavy atom. The summed E-state index contributed by atoms with van der Waals surface area (Å²) in [5.41, 5.74) is 1.81. The summed E-state index contributed by atoms with van der Waals surface area (Å²) in [5.74, 6) is 1.46. The molecule has 1 saturated heterocycles. The molecule has 0 spiro atoms. The summed E-state index contributed by atoms with van der Waals surface area (Å²) in [4.78, 5) is 14.3. The smallest absolute Gasteiger partial charge is 0.271 e. The van der Waals surface area contributed by atoms with Gasteiger partial charge in [-0.1, -0.05) is 43.7 Å². The standard InChI is InChI=1S/C21H28N4O/c1-2-3-13-22-21(26)19-9-10-20(24-23-19)25-14-11-18(12-15-25)16-17-7-5-4-6-8-17/h4-10,18H,2-3,11-16H2,1H3,(H,22,26). The van der Waals surface area contributed by atoms with E-state index in [-0.39, 0.29) is 5.91 Å². The second kappa shape index (κ2) is 9.32. The molecule has 5 nitrogen and oxygen atoms in total. The first kappa shape index (κ1) is 18.4. The van der Waals surface area contributed by atoms with Crippen molar-refractivity contribution in [3.63, 3.8) is 0 Å². The molecule has 0 atom stereocenters. The molecule has 1 aliphatic heterocycles. The first-order chi connectivity index (χ1) is 12.8. The summed E-state index contributed by atoms with van der Waals surface area (Å²) in [6.45, 7) is 4.78. The van der Waals surface area contributed by atoms with Crippen LogP contribution in [0, 0.1) is 5.92 Å². The summed E-state index contributed by atoms with van der Waals surface area (Å²) in [7, 11) is 0. The quantitative estimate of drug-likeness (QED) is 0.775. The second-order valence-corrected chi connectivity index (χ2v) is 7.01. The molecule has 26 heavy (non-hydrogen) atoms. The van der Waals surface area contributed by atoms with Gasteiger partial charge in [-0.3, -0.25) is 4.79 Å². The number of carbonyl (C=O) groups is 1. The van der Waals surface area contributed by atoms with Crippen molar-refractivity contribution < 1.29 is 4.79 Å². The summed E-state index contributed by atoms with van der Waals surface area (Å²) in [6, 6.07) is 14.4. The number of piperidine rings is 1. The van der Waals surface area contributed by atoms with Crippen molar-refractivity contribution in [2.75, 3.05) is 24.5 Å². The van der Waals surface area contributed by atoms with Gasteiger partial charge in [0.15, 0.2) is 11.5 Å². The fourth-order valence-corrected chi connectivity index (χ4v) is 3.40. The van der Waals surface area contributed by atoms with E-state index in [0.717, 1.165) is 56.9 Å². The molecule has 1 aromatic carbocycles. The predicted molar refractivity (Wildman–Crippen MR) is 104 cm³/mol. The molecule has 1 aromatic heterocycles. The molecule has 0 saturated carbocycles. The number of hydrogen-bond donors (Lipinski definition) is 1. The topological polar surface area (TPSA) is 58.1 Å². The van der Waals surface area contributed by atoms with Crippen molar-refractivity contribution in [3.05, 3.63) is 53.7 Å². The van der Waals surface area contributed by atoms with Crippen LogP contribution in [0.2, 0.25) is 0 Å². The lowest BCUT2D eigenvalue weighted by Crippen LogP contribution is -2.35. The molecule has 0 radical (unpaired) electrons. The zero-order valence-electron chi connectivity index (χ0n) is 15.5. The van der Waals surface area contributed by atoms with Crippen LogP contribution in [-0.2, 0) is 6.42 Å². The molecule has 5 heteroatoms.